The molecule has 0 spiro atoms. The molecular weight excluding hydrogens is 825 g/mol. The predicted octanol–water partition coefficient (Wildman–Crippen LogP) is 0.700. The van der Waals surface area contributed by atoms with E-state index in [0.29, 0.717) is 12.0 Å². The van der Waals surface area contributed by atoms with Gasteiger partial charge in [-0.15, -0.1) is 0 Å². The summed E-state index contributed by atoms with van der Waals surface area (Å²) in [5.41, 5.74) is 1.67. The Hall–Kier alpha value is -6.85. The van der Waals surface area contributed by atoms with Crippen LogP contribution in [-0.4, -0.2) is 138 Å². The van der Waals surface area contributed by atoms with Crippen LogP contribution in [-0.2, 0) is 51.8 Å². The fraction of sp³-hybridized carbons (Fsp3) is 0.457. The van der Waals surface area contributed by atoms with Gasteiger partial charge in [-0.05, 0) is 55.5 Å². The third kappa shape index (κ3) is 10.2. The first kappa shape index (κ1) is 46.6. The van der Waals surface area contributed by atoms with Gasteiger partial charge in [0.2, 0.25) is 29.5 Å². The summed E-state index contributed by atoms with van der Waals surface area (Å²) in [6.07, 6.45) is 0.462. The standard InChI is InChI=1S/C46H56N8O10/c1-7-32-43(60)53-23-11-15-33(53)44(61)52(6)35(25-28-17-19-30(20-18-28)50(3)4)45(62)54-24-21-31(55)26-34(54)40(57)49-38(29-13-9-8-10-14-29)46(63)64-27(2)37(41(58)47-32)48-42(59)39-36(56)16-12-22-51(39)5/h8-10,12-14,16-20,22,27,32-35,37-38H,7,11,15,21,23-26H2,1-6H3,(H3-,47,48,49,56,57,58,59)/p+1/t27-,32-,33+,34+,35+,37+,38+/m1/s1. The van der Waals surface area contributed by atoms with Crippen LogP contribution in [0.2, 0.25) is 0 Å². The number of anilines is 1. The Labute approximate surface area is 371 Å². The van der Waals surface area contributed by atoms with Crippen LogP contribution in [0.3, 0.4) is 0 Å². The highest BCUT2D eigenvalue weighted by molar-refractivity contribution is 6.01. The van der Waals surface area contributed by atoms with Crippen molar-refractivity contribution >= 4 is 52.9 Å². The number of fused-ring (bicyclic) bond motifs is 2. The third-order valence-electron chi connectivity index (χ3n) is 12.2. The van der Waals surface area contributed by atoms with Crippen LogP contribution in [0.4, 0.5) is 5.69 Å². The highest BCUT2D eigenvalue weighted by Gasteiger charge is 2.46. The van der Waals surface area contributed by atoms with E-state index < -0.39 is 89.5 Å². The van der Waals surface area contributed by atoms with Gasteiger partial charge in [-0.25, -0.2) is 4.79 Å². The molecule has 0 radical (unpaired) electrons. The molecule has 0 bridgehead atoms. The van der Waals surface area contributed by atoms with E-state index in [1.807, 2.05) is 43.3 Å². The second-order valence-electron chi connectivity index (χ2n) is 16.7. The summed E-state index contributed by atoms with van der Waals surface area (Å²) in [5, 5.41) is 18.6. The zero-order valence-electron chi connectivity index (χ0n) is 37.0. The molecule has 6 amide bonds. The number of carbonyl (C=O) groups is 8. The van der Waals surface area contributed by atoms with Crippen molar-refractivity contribution < 1.29 is 52.8 Å². The molecule has 3 aromatic rings. The van der Waals surface area contributed by atoms with Crippen molar-refractivity contribution in [3.8, 4) is 5.75 Å². The summed E-state index contributed by atoms with van der Waals surface area (Å²) in [6, 6.07) is 10.3. The molecule has 3 saturated heterocycles. The minimum absolute atomic E-state index is 0.0324. The van der Waals surface area contributed by atoms with Crippen molar-refractivity contribution in [1.82, 2.24) is 30.7 Å². The van der Waals surface area contributed by atoms with Crippen molar-refractivity contribution in [2.24, 2.45) is 7.05 Å². The number of benzene rings is 2. The summed E-state index contributed by atoms with van der Waals surface area (Å²) in [6.45, 7) is 3.05. The van der Waals surface area contributed by atoms with Gasteiger partial charge in [0, 0.05) is 65.2 Å². The first-order valence-corrected chi connectivity index (χ1v) is 21.5. The van der Waals surface area contributed by atoms with E-state index in [9.17, 15) is 43.5 Å². The van der Waals surface area contributed by atoms with Gasteiger partial charge < -0.3 is 45.4 Å². The van der Waals surface area contributed by atoms with E-state index in [-0.39, 0.29) is 62.2 Å². The fourth-order valence-electron chi connectivity index (χ4n) is 8.50. The number of nitrogens with one attached hydrogen (secondary N) is 3. The number of rotatable bonds is 7. The zero-order chi connectivity index (χ0) is 46.4. The first-order valence-electron chi connectivity index (χ1n) is 21.5. The summed E-state index contributed by atoms with van der Waals surface area (Å²) in [7, 11) is 6.77. The molecule has 0 unspecified atom stereocenters. The van der Waals surface area contributed by atoms with Gasteiger partial charge in [-0.2, -0.15) is 4.57 Å². The van der Waals surface area contributed by atoms with Crippen LogP contribution in [0.5, 0.6) is 5.75 Å². The van der Waals surface area contributed by atoms with Crippen LogP contribution < -0.4 is 25.4 Å². The number of cyclic esters (lactones) is 1. The number of nitrogens with zero attached hydrogens (tertiary/aromatic N) is 5. The molecule has 6 rings (SSSR count). The Balaban J connectivity index is 1.44. The summed E-state index contributed by atoms with van der Waals surface area (Å²) in [4.78, 5) is 120. The molecule has 18 heteroatoms. The lowest BCUT2D eigenvalue weighted by atomic mass is 9.95. The van der Waals surface area contributed by atoms with E-state index in [4.69, 9.17) is 4.74 Å². The minimum atomic E-state index is -1.66. The molecule has 0 saturated carbocycles. The monoisotopic (exact) mass is 881 g/mol. The summed E-state index contributed by atoms with van der Waals surface area (Å²) < 4.78 is 7.23. The van der Waals surface area contributed by atoms with Crippen LogP contribution in [0, 0.1) is 0 Å². The van der Waals surface area contributed by atoms with E-state index >= 15 is 0 Å². The average molecular weight is 882 g/mol. The normalized spacial score (nSPS) is 25.2. The number of ether oxygens (including phenoxy) is 1. The second kappa shape index (κ2) is 20.1. The molecule has 2 aromatic carbocycles. The largest absolute Gasteiger partial charge is 0.502 e. The summed E-state index contributed by atoms with van der Waals surface area (Å²) in [5.74, 6) is -6.09. The third-order valence-corrected chi connectivity index (χ3v) is 12.2. The first-order chi connectivity index (χ1) is 30.5. The number of carbonyl (C=O) groups excluding carboxylic acids is 8. The molecule has 64 heavy (non-hydrogen) atoms. The number of ketones is 1. The molecule has 18 nitrogen and oxygen atoms in total. The SMILES string of the molecule is CC[C@H]1NC(=O)[C@@H](NC(=O)c2c(O)ccc[n+]2C)[C@@H](C)OC(=O)[C@H](c2ccccc2)NC(=O)[C@@H]2CC(=O)CCN2C(=O)[C@H](Cc2ccc(N(C)C)cc2)N(C)C(=O)[C@@H]2CCCN2C1=O. The number of aryl methyl sites for hydroxylation is 1. The van der Waals surface area contributed by atoms with Gasteiger partial charge in [0.1, 0.15) is 49.1 Å². The lowest BCUT2D eigenvalue weighted by Gasteiger charge is -2.40. The highest BCUT2D eigenvalue weighted by atomic mass is 16.5. The predicted molar refractivity (Wildman–Crippen MR) is 231 cm³/mol. The van der Waals surface area contributed by atoms with E-state index in [0.717, 1.165) is 5.69 Å². The van der Waals surface area contributed by atoms with Crippen LogP contribution in [0.1, 0.15) is 73.6 Å². The molecule has 0 aliphatic carbocycles. The van der Waals surface area contributed by atoms with Gasteiger partial charge >= 0.3 is 17.6 Å². The Morgan fingerprint density at radius 1 is 0.875 bits per heavy atom. The highest BCUT2D eigenvalue weighted by Crippen LogP contribution is 2.27. The molecule has 340 valence electrons. The maximum Gasteiger partial charge on any atom is 0.333 e. The van der Waals surface area contributed by atoms with Crippen LogP contribution >= 0.6 is 0 Å². The number of piperidine rings is 1. The number of aromatic nitrogens is 1. The van der Waals surface area contributed by atoms with Gasteiger partial charge in [-0.3, -0.25) is 33.6 Å². The van der Waals surface area contributed by atoms with Crippen molar-refractivity contribution in [3.05, 3.63) is 89.7 Å². The van der Waals surface area contributed by atoms with Crippen LogP contribution in [0.25, 0.3) is 0 Å². The number of pyridine rings is 1. The maximum absolute atomic E-state index is 15.0. The Kier molecular flexibility index (Phi) is 14.7. The molecule has 4 N–H and O–H groups in total. The smallest absolute Gasteiger partial charge is 0.333 e. The molecule has 3 aliphatic heterocycles. The van der Waals surface area contributed by atoms with Crippen molar-refractivity contribution in [2.45, 2.75) is 94.7 Å². The molecule has 1 aromatic heterocycles. The van der Waals surface area contributed by atoms with E-state index in [1.165, 1.54) is 58.6 Å². The van der Waals surface area contributed by atoms with Gasteiger partial charge in [0.05, 0.1) is 0 Å². The zero-order valence-corrected chi connectivity index (χ0v) is 37.0. The van der Waals surface area contributed by atoms with Gasteiger partial charge in [0.15, 0.2) is 18.0 Å². The molecular formula is C46H57N8O10+. The maximum atomic E-state index is 15.0. The second-order valence-corrected chi connectivity index (χ2v) is 16.7. The Bertz CT molecular complexity index is 2250. The van der Waals surface area contributed by atoms with Crippen molar-refractivity contribution in [2.75, 3.05) is 39.1 Å². The Morgan fingerprint density at radius 2 is 1.56 bits per heavy atom. The number of Topliss-reactive ketones (excluding diaryl/α,β-unsaturated/α-hetero) is 1. The number of hydrogen-bond acceptors (Lipinski definition) is 11. The van der Waals surface area contributed by atoms with E-state index in [1.54, 1.807) is 37.3 Å². The lowest BCUT2D eigenvalue weighted by molar-refractivity contribution is -0.673. The molecule has 4 heterocycles. The van der Waals surface area contributed by atoms with Gasteiger partial charge in [0.25, 0.3) is 0 Å². The Morgan fingerprint density at radius 3 is 2.22 bits per heavy atom. The molecule has 3 aliphatic rings. The fourth-order valence-corrected chi connectivity index (χ4v) is 8.50. The number of amides is 6. The van der Waals surface area contributed by atoms with Crippen molar-refractivity contribution in [3.63, 3.8) is 0 Å². The topological polar surface area (TPSA) is 219 Å². The lowest BCUT2D eigenvalue weighted by Crippen LogP contribution is -2.61. The average Bonchev–Trinajstić information content (AvgIpc) is 3.77. The number of likely N-dealkylation sites (N-methyl/N-ethyl adjacent to an activating group) is 1. The van der Waals surface area contributed by atoms with E-state index in [2.05, 4.69) is 16.0 Å². The summed E-state index contributed by atoms with van der Waals surface area (Å²) >= 11 is 0. The quantitative estimate of drug-likeness (QED) is 0.191. The number of aromatic hydroxyl groups is 1. The number of esters is 1. The van der Waals surface area contributed by atoms with Gasteiger partial charge in [-0.1, -0.05) is 49.4 Å². The minimum Gasteiger partial charge on any atom is -0.502 e. The number of hydrogen-bond donors (Lipinski definition) is 4. The van der Waals surface area contributed by atoms with Crippen LogP contribution in [0.15, 0.2) is 72.9 Å². The van der Waals surface area contributed by atoms with Crippen molar-refractivity contribution in [1.29, 1.82) is 0 Å². The molecule has 7 atom stereocenters. The molecule has 3 fully saturated rings.